The number of nitrogens with zero attached hydrogens (tertiary/aromatic N) is 1. The highest BCUT2D eigenvalue weighted by atomic mass is 19.1. The minimum Gasteiger partial charge on any atom is -0.471 e. The van der Waals surface area contributed by atoms with Gasteiger partial charge in [-0.3, -0.25) is 4.79 Å². The highest BCUT2D eigenvalue weighted by Gasteiger charge is 2.46. The van der Waals surface area contributed by atoms with Gasteiger partial charge in [-0.05, 0) is 72.9 Å². The van der Waals surface area contributed by atoms with Crippen LogP contribution in [0.15, 0.2) is 30.5 Å². The van der Waals surface area contributed by atoms with Crippen LogP contribution in [0.1, 0.15) is 74.8 Å². The lowest BCUT2D eigenvalue weighted by atomic mass is 9.73. The minimum absolute atomic E-state index is 0.0614. The molecular weight excluding hydrogens is 497 g/mol. The van der Waals surface area contributed by atoms with Crippen molar-refractivity contribution in [3.05, 3.63) is 58.5 Å². The van der Waals surface area contributed by atoms with Crippen molar-refractivity contribution in [1.82, 2.24) is 15.6 Å². The second-order valence-electron chi connectivity index (χ2n) is 12.1. The lowest BCUT2D eigenvalue weighted by Gasteiger charge is -2.47. The molecule has 0 radical (unpaired) electrons. The number of terminal acetylenes is 1. The number of carbonyl (C=O) groups is 1. The van der Waals surface area contributed by atoms with E-state index in [1.165, 1.54) is 19.2 Å². The van der Waals surface area contributed by atoms with Gasteiger partial charge >= 0.3 is 0 Å². The third kappa shape index (κ3) is 7.57. The minimum atomic E-state index is -0.960. The first-order valence-electron chi connectivity index (χ1n) is 13.6. The predicted octanol–water partition coefficient (Wildman–Crippen LogP) is 3.86. The summed E-state index contributed by atoms with van der Waals surface area (Å²) in [6.07, 6.45) is 11.4. The molecule has 1 amide bonds. The molecule has 0 unspecified atom stereocenters. The van der Waals surface area contributed by atoms with Gasteiger partial charge in [-0.1, -0.05) is 26.7 Å². The summed E-state index contributed by atoms with van der Waals surface area (Å²) in [6.45, 7) is 6.65. The van der Waals surface area contributed by atoms with E-state index in [1.54, 1.807) is 6.07 Å². The maximum absolute atomic E-state index is 14.1. The summed E-state index contributed by atoms with van der Waals surface area (Å²) in [5, 5.41) is 17.6. The summed E-state index contributed by atoms with van der Waals surface area (Å²) in [4.78, 5) is 17.1. The molecule has 7 nitrogen and oxygen atoms in total. The smallest absolute Gasteiger partial charge is 0.246 e. The second-order valence-corrected chi connectivity index (χ2v) is 12.1. The Morgan fingerprint density at radius 2 is 2.08 bits per heavy atom. The average Bonchev–Trinajstić information content (AvgIpc) is 2.84. The number of ether oxygens (including phenoxy) is 2. The Morgan fingerprint density at radius 3 is 2.72 bits per heavy atom. The van der Waals surface area contributed by atoms with Gasteiger partial charge in [0.05, 0.1) is 12.1 Å². The van der Waals surface area contributed by atoms with Crippen LogP contribution in [-0.2, 0) is 22.4 Å². The average molecular weight is 538 g/mol. The van der Waals surface area contributed by atoms with Crippen LogP contribution in [0.25, 0.3) is 0 Å². The molecule has 3 N–H and O–H groups in total. The topological polar surface area (TPSA) is 92.7 Å². The molecule has 1 aliphatic carbocycles. The Morgan fingerprint density at radius 1 is 1.31 bits per heavy atom. The molecule has 1 spiro atoms. The van der Waals surface area contributed by atoms with Gasteiger partial charge in [-0.25, -0.2) is 9.37 Å². The first-order valence-corrected chi connectivity index (χ1v) is 13.6. The van der Waals surface area contributed by atoms with E-state index in [4.69, 9.17) is 15.9 Å². The van der Waals surface area contributed by atoms with Crippen LogP contribution in [0.5, 0.6) is 5.88 Å². The van der Waals surface area contributed by atoms with Crippen LogP contribution >= 0.6 is 0 Å². The van der Waals surface area contributed by atoms with E-state index in [0.29, 0.717) is 17.0 Å². The molecule has 2 aromatic rings. The third-order valence-electron chi connectivity index (χ3n) is 7.44. The predicted molar refractivity (Wildman–Crippen MR) is 148 cm³/mol. The number of benzene rings is 1. The van der Waals surface area contributed by atoms with Crippen molar-refractivity contribution in [2.45, 2.75) is 83.1 Å². The van der Waals surface area contributed by atoms with Crippen LogP contribution in [-0.4, -0.2) is 54.0 Å². The van der Waals surface area contributed by atoms with E-state index in [0.717, 1.165) is 43.2 Å². The van der Waals surface area contributed by atoms with Gasteiger partial charge in [0.15, 0.2) is 0 Å². The lowest BCUT2D eigenvalue weighted by Crippen LogP contribution is -2.52. The fraction of sp³-hybridized carbons (Fsp3) is 0.548. The van der Waals surface area contributed by atoms with E-state index < -0.39 is 18.0 Å². The molecule has 1 fully saturated rings. The fourth-order valence-corrected chi connectivity index (χ4v) is 5.52. The maximum atomic E-state index is 14.1. The summed E-state index contributed by atoms with van der Waals surface area (Å²) >= 11 is 0. The van der Waals surface area contributed by atoms with E-state index in [2.05, 4.69) is 48.4 Å². The normalized spacial score (nSPS) is 19.3. The second kappa shape index (κ2) is 12.0. The van der Waals surface area contributed by atoms with Gasteiger partial charge in [0, 0.05) is 43.4 Å². The van der Waals surface area contributed by atoms with Crippen LogP contribution in [0, 0.1) is 23.6 Å². The Hall–Kier alpha value is -2.99. The zero-order valence-electron chi connectivity index (χ0n) is 23.4. The first-order chi connectivity index (χ1) is 18.5. The molecule has 2 heterocycles. The highest BCUT2D eigenvalue weighted by Crippen LogP contribution is 2.48. The van der Waals surface area contributed by atoms with Crippen molar-refractivity contribution in [1.29, 1.82) is 0 Å². The number of aliphatic hydroxyl groups is 1. The summed E-state index contributed by atoms with van der Waals surface area (Å²) in [7, 11) is 1.43. The molecule has 1 aliphatic heterocycles. The molecular formula is C31H40FN3O4. The summed E-state index contributed by atoms with van der Waals surface area (Å²) in [5.74, 6) is 2.27. The van der Waals surface area contributed by atoms with Crippen LogP contribution in [0.3, 0.4) is 0 Å². The number of carbonyl (C=O) groups excluding carboxylic acids is 1. The Kier molecular flexibility index (Phi) is 8.95. The summed E-state index contributed by atoms with van der Waals surface area (Å²) < 4.78 is 25.5. The summed E-state index contributed by atoms with van der Waals surface area (Å²) in [6, 6.07) is 5.75. The first kappa shape index (κ1) is 29.0. The highest BCUT2D eigenvalue weighted by molar-refractivity contribution is 5.77. The monoisotopic (exact) mass is 537 g/mol. The number of hydrogen-bond donors (Lipinski definition) is 3. The third-order valence-corrected chi connectivity index (χ3v) is 7.44. The van der Waals surface area contributed by atoms with Gasteiger partial charge in [0.2, 0.25) is 11.8 Å². The van der Waals surface area contributed by atoms with Gasteiger partial charge in [0.1, 0.15) is 18.0 Å². The van der Waals surface area contributed by atoms with E-state index in [9.17, 15) is 14.3 Å². The number of hydrogen-bond acceptors (Lipinski definition) is 6. The number of nitrogens with one attached hydrogen (secondary N) is 2. The molecule has 210 valence electrons. The molecule has 1 aromatic carbocycles. The molecule has 2 aliphatic rings. The van der Waals surface area contributed by atoms with E-state index in [1.807, 2.05) is 6.20 Å². The maximum Gasteiger partial charge on any atom is 0.246 e. The van der Waals surface area contributed by atoms with Crippen LogP contribution < -0.4 is 15.4 Å². The molecule has 39 heavy (non-hydrogen) atoms. The largest absolute Gasteiger partial charge is 0.471 e. The van der Waals surface area contributed by atoms with Crippen molar-refractivity contribution < 1.29 is 23.8 Å². The summed E-state index contributed by atoms with van der Waals surface area (Å²) in [5.41, 5.74) is 3.01. The van der Waals surface area contributed by atoms with Crippen LogP contribution in [0.4, 0.5) is 4.39 Å². The quantitative estimate of drug-likeness (QED) is 0.399. The molecule has 0 bridgehead atoms. The fourth-order valence-electron chi connectivity index (χ4n) is 5.52. The standard InChI is InChI=1S/C31H40FN3O4/c1-6-20-10-21(12-23(32)11-20)14-25(35-28(37)19-38-5)27(36)18-33-26-16-31(8-7-9-31)39-29-24(26)13-22(17-34-29)15-30(2,3)4/h1,10-13,17,25-27,33,36H,7-9,14-16,18-19H2,2-5H3,(H,35,37)/t25-,26-,27-/m0/s1. The SMILES string of the molecule is C#Cc1cc(F)cc(C[C@H](NC(=O)COC)[C@@H](O)CN[C@H]2CC3(CCC3)Oc3ncc(CC(C)(C)C)cc32)c1. The number of aliphatic hydroxyl groups excluding tert-OH is 1. The van der Waals surface area contributed by atoms with E-state index >= 15 is 0 Å². The van der Waals surface area contributed by atoms with Gasteiger partial charge in [-0.2, -0.15) is 0 Å². The number of aromatic nitrogens is 1. The number of pyridine rings is 1. The Bertz CT molecular complexity index is 1220. The van der Waals surface area contributed by atoms with Crippen molar-refractivity contribution in [2.75, 3.05) is 20.3 Å². The lowest BCUT2D eigenvalue weighted by molar-refractivity contribution is -0.126. The van der Waals surface area contributed by atoms with Gasteiger partial charge in [-0.15, -0.1) is 6.42 Å². The molecule has 1 saturated carbocycles. The van der Waals surface area contributed by atoms with Crippen LogP contribution in [0.2, 0.25) is 0 Å². The number of halogens is 1. The molecule has 8 heteroatoms. The van der Waals surface area contributed by atoms with Gasteiger partial charge in [0.25, 0.3) is 0 Å². The number of amides is 1. The number of rotatable bonds is 10. The van der Waals surface area contributed by atoms with Crippen molar-refractivity contribution in [2.24, 2.45) is 5.41 Å². The van der Waals surface area contributed by atoms with Crippen molar-refractivity contribution >= 4 is 5.91 Å². The number of fused-ring (bicyclic) bond motifs is 1. The Labute approximate surface area is 230 Å². The molecule has 0 saturated heterocycles. The van der Waals surface area contributed by atoms with Crippen molar-refractivity contribution in [3.8, 4) is 18.2 Å². The Balaban J connectivity index is 1.53. The molecule has 4 rings (SSSR count). The zero-order valence-corrected chi connectivity index (χ0v) is 23.4. The number of methoxy groups -OCH3 is 1. The molecule has 1 aromatic heterocycles. The van der Waals surface area contributed by atoms with Crippen molar-refractivity contribution in [3.63, 3.8) is 0 Å². The van der Waals surface area contributed by atoms with Gasteiger partial charge < -0.3 is 25.2 Å². The zero-order chi connectivity index (χ0) is 28.2. The van der Waals surface area contributed by atoms with E-state index in [-0.39, 0.29) is 42.5 Å². The molecule has 3 atom stereocenters.